The predicted molar refractivity (Wildman–Crippen MR) is 143 cm³/mol. The van der Waals surface area contributed by atoms with Gasteiger partial charge in [-0.2, -0.15) is 0 Å². The number of fused-ring (bicyclic) bond motifs is 3. The number of anilines is 3. The van der Waals surface area contributed by atoms with E-state index in [1.165, 1.54) is 53.5 Å². The van der Waals surface area contributed by atoms with E-state index in [-0.39, 0.29) is 0 Å². The number of aromatic nitrogens is 2. The number of amides is 1. The Balaban J connectivity index is 0.000000257. The molecule has 1 aliphatic carbocycles. The molecule has 34 heavy (non-hydrogen) atoms. The van der Waals surface area contributed by atoms with E-state index in [0.29, 0.717) is 6.41 Å². The summed E-state index contributed by atoms with van der Waals surface area (Å²) in [7, 11) is 1.95. The lowest BCUT2D eigenvalue weighted by Gasteiger charge is -2.09. The molecular formula is C27H31N5OS. The van der Waals surface area contributed by atoms with Gasteiger partial charge in [0.05, 0.1) is 5.39 Å². The minimum absolute atomic E-state index is 0.662. The molecule has 0 aliphatic heterocycles. The van der Waals surface area contributed by atoms with Crippen molar-refractivity contribution in [3.05, 3.63) is 76.9 Å². The molecule has 0 spiro atoms. The lowest BCUT2D eigenvalue weighted by molar-refractivity contribution is -0.105. The van der Waals surface area contributed by atoms with E-state index in [9.17, 15) is 4.79 Å². The lowest BCUT2D eigenvalue weighted by atomic mass is 10.1. The van der Waals surface area contributed by atoms with E-state index >= 15 is 0 Å². The third kappa shape index (κ3) is 6.11. The third-order valence-corrected chi connectivity index (χ3v) is 7.15. The molecule has 0 unspecified atom stereocenters. The van der Waals surface area contributed by atoms with Gasteiger partial charge in [-0.1, -0.05) is 36.8 Å². The van der Waals surface area contributed by atoms with Crippen LogP contribution in [0.15, 0.2) is 60.9 Å². The van der Waals surface area contributed by atoms with Gasteiger partial charge in [-0.3, -0.25) is 4.79 Å². The van der Waals surface area contributed by atoms with Gasteiger partial charge in [0, 0.05) is 29.8 Å². The molecule has 0 atom stereocenters. The summed E-state index contributed by atoms with van der Waals surface area (Å²) in [6, 6.07) is 17.9. The van der Waals surface area contributed by atoms with Crippen LogP contribution in [0, 0.1) is 0 Å². The quantitative estimate of drug-likeness (QED) is 0.230. The maximum absolute atomic E-state index is 9.86. The van der Waals surface area contributed by atoms with E-state index in [1.54, 1.807) is 6.33 Å². The number of rotatable bonds is 7. The summed E-state index contributed by atoms with van der Waals surface area (Å²) < 4.78 is 0. The minimum atomic E-state index is 0.662. The molecular weight excluding hydrogens is 442 g/mol. The molecule has 0 bridgehead atoms. The number of benzene rings is 2. The zero-order chi connectivity index (χ0) is 23.6. The average Bonchev–Trinajstić information content (AvgIpc) is 3.08. The van der Waals surface area contributed by atoms with Gasteiger partial charge in [-0.15, -0.1) is 11.3 Å². The highest BCUT2D eigenvalue weighted by Gasteiger charge is 2.18. The van der Waals surface area contributed by atoms with Crippen molar-refractivity contribution in [3.8, 4) is 0 Å². The average molecular weight is 474 g/mol. The highest BCUT2D eigenvalue weighted by molar-refractivity contribution is 7.18. The number of aryl methyl sites for hydroxylation is 2. The number of hydrogen-bond donors (Lipinski definition) is 3. The maximum Gasteiger partial charge on any atom is 0.211 e. The fraction of sp³-hybridized carbons (Fsp3) is 0.296. The molecule has 1 aliphatic rings. The largest absolute Gasteiger partial charge is 0.388 e. The summed E-state index contributed by atoms with van der Waals surface area (Å²) in [6.45, 7) is 0.885. The van der Waals surface area contributed by atoms with Gasteiger partial charge in [-0.25, -0.2) is 9.97 Å². The van der Waals surface area contributed by atoms with Crippen molar-refractivity contribution in [1.82, 2.24) is 9.97 Å². The number of nitrogens with one attached hydrogen (secondary N) is 3. The Morgan fingerprint density at radius 2 is 1.74 bits per heavy atom. The molecule has 0 saturated heterocycles. The molecule has 4 aromatic rings. The number of carbonyl (C=O) groups excluding carboxylic acids is 1. The van der Waals surface area contributed by atoms with Crippen molar-refractivity contribution in [1.29, 1.82) is 0 Å². The first-order valence-electron chi connectivity index (χ1n) is 11.8. The Kier molecular flexibility index (Phi) is 8.46. The van der Waals surface area contributed by atoms with Gasteiger partial charge in [0.25, 0.3) is 0 Å². The topological polar surface area (TPSA) is 78.9 Å². The highest BCUT2D eigenvalue weighted by Crippen LogP contribution is 2.37. The molecule has 7 heteroatoms. The molecule has 5 rings (SSSR count). The lowest BCUT2D eigenvalue weighted by Crippen LogP contribution is -2.07. The Labute approximate surface area is 204 Å². The van der Waals surface area contributed by atoms with Crippen molar-refractivity contribution in [2.45, 2.75) is 38.5 Å². The summed E-state index contributed by atoms with van der Waals surface area (Å²) in [4.78, 5) is 21.6. The minimum Gasteiger partial charge on any atom is -0.388 e. The van der Waals surface area contributed by atoms with Crippen molar-refractivity contribution >= 4 is 45.2 Å². The molecule has 2 heterocycles. The van der Waals surface area contributed by atoms with Crippen molar-refractivity contribution < 1.29 is 4.79 Å². The number of carbonyl (C=O) groups is 1. The number of nitrogens with zero attached hydrogens (tertiary/aromatic N) is 2. The van der Waals surface area contributed by atoms with Crippen LogP contribution in [0.25, 0.3) is 10.2 Å². The summed E-state index contributed by atoms with van der Waals surface area (Å²) in [5, 5.41) is 10.5. The summed E-state index contributed by atoms with van der Waals surface area (Å²) in [6.07, 6.45) is 9.64. The highest BCUT2D eigenvalue weighted by atomic mass is 32.1. The second-order valence-corrected chi connectivity index (χ2v) is 9.30. The van der Waals surface area contributed by atoms with Gasteiger partial charge >= 0.3 is 0 Å². The number of thiophene rings is 1. The van der Waals surface area contributed by atoms with Crippen LogP contribution in [-0.4, -0.2) is 30.0 Å². The first-order valence-corrected chi connectivity index (χ1v) is 12.6. The molecule has 3 N–H and O–H groups in total. The molecule has 0 fully saturated rings. The molecule has 2 aromatic carbocycles. The molecule has 0 saturated carbocycles. The van der Waals surface area contributed by atoms with Crippen LogP contribution in [0.5, 0.6) is 0 Å². The van der Waals surface area contributed by atoms with Gasteiger partial charge in [0.1, 0.15) is 17.0 Å². The second kappa shape index (κ2) is 12.1. The van der Waals surface area contributed by atoms with Gasteiger partial charge < -0.3 is 16.0 Å². The van der Waals surface area contributed by atoms with E-state index < -0.39 is 0 Å². The van der Waals surface area contributed by atoms with Crippen LogP contribution in [-0.2, 0) is 24.1 Å². The number of para-hydroxylation sites is 1. The Bertz CT molecular complexity index is 1190. The van der Waals surface area contributed by atoms with E-state index in [0.717, 1.165) is 35.0 Å². The van der Waals surface area contributed by atoms with Gasteiger partial charge in [0.15, 0.2) is 0 Å². The van der Waals surface area contributed by atoms with E-state index in [2.05, 4.69) is 50.2 Å². The summed E-state index contributed by atoms with van der Waals surface area (Å²) in [5.41, 5.74) is 4.81. The van der Waals surface area contributed by atoms with E-state index in [4.69, 9.17) is 0 Å². The van der Waals surface area contributed by atoms with E-state index in [1.807, 2.05) is 48.7 Å². The zero-order valence-electron chi connectivity index (χ0n) is 19.5. The summed E-state index contributed by atoms with van der Waals surface area (Å²) in [5.74, 6) is 1.01. The fourth-order valence-corrected chi connectivity index (χ4v) is 5.40. The monoisotopic (exact) mass is 473 g/mol. The molecule has 2 aromatic heterocycles. The molecule has 0 radical (unpaired) electrons. The zero-order valence-corrected chi connectivity index (χ0v) is 20.3. The summed E-state index contributed by atoms with van der Waals surface area (Å²) >= 11 is 1.86. The van der Waals surface area contributed by atoms with Crippen molar-refractivity contribution in [2.24, 2.45) is 0 Å². The Hall–Kier alpha value is -3.45. The van der Waals surface area contributed by atoms with Crippen LogP contribution in [0.2, 0.25) is 0 Å². The molecule has 1 amide bonds. The first kappa shape index (κ1) is 23.7. The second-order valence-electron chi connectivity index (χ2n) is 8.22. The van der Waals surface area contributed by atoms with Crippen LogP contribution >= 0.6 is 11.3 Å². The maximum atomic E-state index is 9.86. The Morgan fingerprint density at radius 1 is 0.941 bits per heavy atom. The molecule has 176 valence electrons. The van der Waals surface area contributed by atoms with Crippen LogP contribution in [0.3, 0.4) is 0 Å². The fourth-order valence-electron chi connectivity index (χ4n) is 4.17. The Morgan fingerprint density at radius 3 is 2.50 bits per heavy atom. The van der Waals surface area contributed by atoms with Gasteiger partial charge in [-0.05, 0) is 67.5 Å². The third-order valence-electron chi connectivity index (χ3n) is 5.95. The van der Waals surface area contributed by atoms with Gasteiger partial charge in [0.2, 0.25) is 6.41 Å². The normalized spacial score (nSPS) is 12.6. The standard InChI is InChI=1S/C20H24N4S.C7H7NO/c1-21-15-9-7-14(8-10-15)11-12-22-19-18-16-5-3-2-4-6-17(16)25-20(18)24-13-23-19;9-6-8-7-4-2-1-3-5-7/h7-10,13,21H,2-6,11-12H2,1H3,(H,22,23,24);1-6H,(H,8,9). The van der Waals surface area contributed by atoms with Crippen LogP contribution in [0.1, 0.15) is 35.3 Å². The molecule has 6 nitrogen and oxygen atoms in total. The van der Waals surface area contributed by atoms with Crippen LogP contribution in [0.4, 0.5) is 17.2 Å². The first-order chi connectivity index (χ1) is 16.8. The SMILES string of the molecule is CNc1ccc(CCNc2ncnc3sc4c(c23)CCCCC4)cc1.O=CNc1ccccc1. The van der Waals surface area contributed by atoms with Crippen molar-refractivity contribution in [2.75, 3.05) is 29.5 Å². The smallest absolute Gasteiger partial charge is 0.211 e. The predicted octanol–water partition coefficient (Wildman–Crippen LogP) is 5.91. The number of hydrogen-bond acceptors (Lipinski definition) is 6. The van der Waals surface area contributed by atoms with Crippen molar-refractivity contribution in [3.63, 3.8) is 0 Å². The van der Waals surface area contributed by atoms with Crippen LogP contribution < -0.4 is 16.0 Å².